The monoisotopic (exact) mass is 527 g/mol. The molecule has 1 heterocycles. The summed E-state index contributed by atoms with van der Waals surface area (Å²) in [6.07, 6.45) is -0.349. The molecule has 0 amide bonds. The van der Waals surface area contributed by atoms with Crippen molar-refractivity contribution in [2.75, 3.05) is 39.8 Å². The molecule has 194 valence electrons. The highest BCUT2D eigenvalue weighted by Gasteiger charge is 2.33. The molecule has 0 bridgehead atoms. The zero-order valence-corrected chi connectivity index (χ0v) is 21.1. The first-order valence-electron chi connectivity index (χ1n) is 11.7. The van der Waals surface area contributed by atoms with Crippen LogP contribution in [0.25, 0.3) is 0 Å². The van der Waals surface area contributed by atoms with E-state index in [1.165, 1.54) is 0 Å². The first-order valence-corrected chi connectivity index (χ1v) is 13.2. The Hall–Kier alpha value is -3.36. The summed E-state index contributed by atoms with van der Waals surface area (Å²) in [5, 5.41) is 9.01. The Morgan fingerprint density at radius 2 is 1.62 bits per heavy atom. The molecule has 0 aromatic heterocycles. The Kier molecular flexibility index (Phi) is 8.51. The zero-order chi connectivity index (χ0) is 26.4. The summed E-state index contributed by atoms with van der Waals surface area (Å²) in [6, 6.07) is 19.8. The van der Waals surface area contributed by atoms with Gasteiger partial charge in [-0.25, -0.2) is 17.2 Å². The number of nitrogens with zero attached hydrogens (tertiary/aromatic N) is 3. The lowest BCUT2D eigenvalue weighted by atomic mass is 10.1. The first kappa shape index (κ1) is 26.7. The quantitative estimate of drug-likeness (QED) is 0.417. The summed E-state index contributed by atoms with van der Waals surface area (Å²) >= 11 is 0. The molecule has 0 spiro atoms. The van der Waals surface area contributed by atoms with Crippen molar-refractivity contribution < 1.29 is 26.7 Å². The normalized spacial score (nSPS) is 15.7. The van der Waals surface area contributed by atoms with E-state index in [2.05, 4.69) is 11.0 Å². The third-order valence-corrected chi connectivity index (χ3v) is 8.22. The van der Waals surface area contributed by atoms with E-state index in [-0.39, 0.29) is 19.2 Å². The van der Waals surface area contributed by atoms with Crippen LogP contribution in [0.15, 0.2) is 71.6 Å². The predicted octanol–water partition coefficient (Wildman–Crippen LogP) is 4.11. The lowest BCUT2D eigenvalue weighted by Crippen LogP contribution is -2.49. The number of piperazine rings is 1. The maximum absolute atomic E-state index is 14.2. The number of halogens is 2. The van der Waals surface area contributed by atoms with Gasteiger partial charge in [-0.3, -0.25) is 4.90 Å². The van der Waals surface area contributed by atoms with Gasteiger partial charge in [-0.15, -0.1) is 0 Å². The first-order chi connectivity index (χ1) is 17.8. The fraction of sp³-hybridized carbons (Fsp3) is 0.296. The minimum atomic E-state index is -4.30. The largest absolute Gasteiger partial charge is 0.497 e. The van der Waals surface area contributed by atoms with Crippen molar-refractivity contribution in [3.05, 3.63) is 95.1 Å². The molecule has 4 rings (SSSR count). The molecule has 1 aliphatic heterocycles. The zero-order valence-electron chi connectivity index (χ0n) is 20.3. The van der Waals surface area contributed by atoms with E-state index < -0.39 is 26.6 Å². The molecule has 7 nitrogen and oxygen atoms in total. The molecule has 3 aromatic rings. The molecule has 1 aliphatic rings. The summed E-state index contributed by atoms with van der Waals surface area (Å²) in [5.74, 6) is -1.51. The number of ether oxygens (including phenoxy) is 2. The lowest BCUT2D eigenvalue weighted by molar-refractivity contribution is 0.00761. The van der Waals surface area contributed by atoms with Gasteiger partial charge in [-0.05, 0) is 47.5 Å². The Bertz CT molecular complexity index is 1350. The number of rotatable bonds is 9. The van der Waals surface area contributed by atoms with E-state index >= 15 is 0 Å². The minimum Gasteiger partial charge on any atom is -0.497 e. The van der Waals surface area contributed by atoms with Crippen molar-refractivity contribution in [3.63, 3.8) is 0 Å². The Balaban J connectivity index is 1.46. The van der Waals surface area contributed by atoms with Crippen LogP contribution in [0, 0.1) is 23.0 Å². The fourth-order valence-electron chi connectivity index (χ4n) is 4.21. The fourth-order valence-corrected chi connectivity index (χ4v) is 5.74. The molecule has 1 saturated heterocycles. The van der Waals surface area contributed by atoms with Crippen molar-refractivity contribution >= 4 is 10.0 Å². The Morgan fingerprint density at radius 1 is 0.973 bits per heavy atom. The minimum absolute atomic E-state index is 0.0938. The molecular weight excluding hydrogens is 500 g/mol. The Labute approximate surface area is 215 Å². The third kappa shape index (κ3) is 6.32. The van der Waals surface area contributed by atoms with Crippen LogP contribution in [0.5, 0.6) is 5.75 Å². The number of hydrogen-bond acceptors (Lipinski definition) is 6. The van der Waals surface area contributed by atoms with Gasteiger partial charge in [0.2, 0.25) is 10.0 Å². The average Bonchev–Trinajstić information content (AvgIpc) is 2.91. The smallest absolute Gasteiger partial charge is 0.249 e. The number of methoxy groups -OCH3 is 1. The molecule has 0 radical (unpaired) electrons. The van der Waals surface area contributed by atoms with Crippen molar-refractivity contribution in [2.45, 2.75) is 17.6 Å². The van der Waals surface area contributed by atoms with Crippen LogP contribution in [0.2, 0.25) is 0 Å². The summed E-state index contributed by atoms with van der Waals surface area (Å²) in [5.41, 5.74) is 2.38. The molecule has 1 fully saturated rings. The van der Waals surface area contributed by atoms with Crippen LogP contribution in [0.4, 0.5) is 8.78 Å². The highest BCUT2D eigenvalue weighted by Crippen LogP contribution is 2.27. The molecule has 3 aromatic carbocycles. The van der Waals surface area contributed by atoms with E-state index in [0.717, 1.165) is 33.6 Å². The molecule has 37 heavy (non-hydrogen) atoms. The predicted molar refractivity (Wildman–Crippen MR) is 133 cm³/mol. The van der Waals surface area contributed by atoms with Crippen LogP contribution in [0.3, 0.4) is 0 Å². The van der Waals surface area contributed by atoms with Crippen molar-refractivity contribution in [1.29, 1.82) is 5.26 Å². The number of hydrogen-bond donors (Lipinski definition) is 0. The van der Waals surface area contributed by atoms with E-state index in [0.29, 0.717) is 37.6 Å². The molecule has 1 unspecified atom stereocenters. The molecule has 0 N–H and O–H groups in total. The van der Waals surface area contributed by atoms with Crippen LogP contribution >= 0.6 is 0 Å². The number of nitriles is 1. The Morgan fingerprint density at radius 3 is 2.24 bits per heavy atom. The van der Waals surface area contributed by atoms with Crippen LogP contribution in [-0.2, 0) is 21.4 Å². The number of sulfonamides is 1. The van der Waals surface area contributed by atoms with Gasteiger partial charge in [-0.1, -0.05) is 30.3 Å². The van der Waals surface area contributed by atoms with Gasteiger partial charge >= 0.3 is 0 Å². The van der Waals surface area contributed by atoms with E-state index in [4.69, 9.17) is 14.7 Å². The van der Waals surface area contributed by atoms with Crippen molar-refractivity contribution in [3.8, 4) is 11.8 Å². The van der Waals surface area contributed by atoms with Gasteiger partial charge in [0.25, 0.3) is 0 Å². The molecule has 0 aliphatic carbocycles. The van der Waals surface area contributed by atoms with Crippen molar-refractivity contribution in [2.24, 2.45) is 0 Å². The lowest BCUT2D eigenvalue weighted by Gasteiger charge is -2.36. The second-order valence-corrected chi connectivity index (χ2v) is 10.5. The second-order valence-electron chi connectivity index (χ2n) is 8.64. The van der Waals surface area contributed by atoms with E-state index in [1.807, 2.05) is 36.4 Å². The van der Waals surface area contributed by atoms with Crippen LogP contribution in [0.1, 0.15) is 22.8 Å². The van der Waals surface area contributed by atoms with Gasteiger partial charge in [0, 0.05) is 32.7 Å². The average molecular weight is 528 g/mol. The summed E-state index contributed by atoms with van der Waals surface area (Å²) in [7, 11) is -2.72. The van der Waals surface area contributed by atoms with Gasteiger partial charge in [0.1, 0.15) is 17.4 Å². The second kappa shape index (κ2) is 11.8. The highest BCUT2D eigenvalue weighted by molar-refractivity contribution is 7.89. The molecule has 0 saturated carbocycles. The van der Waals surface area contributed by atoms with E-state index in [1.54, 1.807) is 19.2 Å². The molecule has 10 heteroatoms. The van der Waals surface area contributed by atoms with E-state index in [9.17, 15) is 17.2 Å². The van der Waals surface area contributed by atoms with Crippen LogP contribution < -0.4 is 4.74 Å². The third-order valence-electron chi connectivity index (χ3n) is 6.27. The standard InChI is InChI=1S/C27H27F2N3O4S/c1-35-23-5-2-4-22(16-23)26(36-19-21-10-8-20(17-30)9-11-21)18-31-12-14-32(15-13-31)37(33,34)27-24(28)6-3-7-25(27)29/h2-11,16,26H,12-15,18-19H2,1H3. The summed E-state index contributed by atoms with van der Waals surface area (Å²) in [6.45, 7) is 1.72. The van der Waals surface area contributed by atoms with Gasteiger partial charge in [-0.2, -0.15) is 9.57 Å². The van der Waals surface area contributed by atoms with Gasteiger partial charge in [0.05, 0.1) is 31.5 Å². The maximum atomic E-state index is 14.2. The topological polar surface area (TPSA) is 82.9 Å². The number of benzene rings is 3. The van der Waals surface area contributed by atoms with Gasteiger partial charge in [0.15, 0.2) is 4.90 Å². The maximum Gasteiger partial charge on any atom is 0.249 e. The van der Waals surface area contributed by atoms with Crippen molar-refractivity contribution in [1.82, 2.24) is 9.21 Å². The highest BCUT2D eigenvalue weighted by atomic mass is 32.2. The molecular formula is C27H27F2N3O4S. The van der Waals surface area contributed by atoms with Gasteiger partial charge < -0.3 is 9.47 Å². The molecule has 1 atom stereocenters. The van der Waals surface area contributed by atoms with Crippen LogP contribution in [-0.4, -0.2) is 57.5 Å². The summed E-state index contributed by atoms with van der Waals surface area (Å²) in [4.78, 5) is 1.15. The SMILES string of the molecule is COc1cccc(C(CN2CCN(S(=O)(=O)c3c(F)cccc3F)CC2)OCc2ccc(C#N)cc2)c1. The summed E-state index contributed by atoms with van der Waals surface area (Å²) < 4.78 is 66.9.